The molecular weight excluding hydrogens is 669 g/mol. The van der Waals surface area contributed by atoms with Crippen LogP contribution < -0.4 is 14.8 Å². The van der Waals surface area contributed by atoms with Crippen LogP contribution in [0.2, 0.25) is 0 Å². The Hall–Kier alpha value is -3.94. The SMILES string of the molecule is COc1ccc2c(c1)C(C)C(C)(NC(=O)C(=O)N1CC(C)N(C)C(C)C1)Cn1c-2c(C2CCCCC2)c2ccc(C(=O)NS(=O)(=O)N(C)C)cc21. The first-order valence-corrected chi connectivity index (χ1v) is 19.4. The lowest BCUT2D eigenvalue weighted by Crippen LogP contribution is -2.61. The van der Waals surface area contributed by atoms with Gasteiger partial charge in [0.15, 0.2) is 0 Å². The fourth-order valence-electron chi connectivity index (χ4n) is 8.27. The molecule has 13 heteroatoms. The minimum atomic E-state index is -4.02. The lowest BCUT2D eigenvalue weighted by molar-refractivity contribution is -0.149. The van der Waals surface area contributed by atoms with Crippen molar-refractivity contribution in [3.63, 3.8) is 0 Å². The Bertz CT molecular complexity index is 1960. The van der Waals surface area contributed by atoms with Gasteiger partial charge in [-0.2, -0.15) is 12.7 Å². The number of methoxy groups -OCH3 is 1. The molecule has 51 heavy (non-hydrogen) atoms. The number of hydrogen-bond acceptors (Lipinski definition) is 7. The van der Waals surface area contributed by atoms with Crippen LogP contribution in [0.3, 0.4) is 0 Å². The van der Waals surface area contributed by atoms with Gasteiger partial charge in [0.2, 0.25) is 0 Å². The maximum absolute atomic E-state index is 14.0. The molecule has 276 valence electrons. The summed E-state index contributed by atoms with van der Waals surface area (Å²) in [5.74, 6) is -1.22. The van der Waals surface area contributed by atoms with Crippen molar-refractivity contribution in [2.75, 3.05) is 41.3 Å². The van der Waals surface area contributed by atoms with E-state index in [0.717, 1.165) is 57.7 Å². The third-order valence-electron chi connectivity index (χ3n) is 11.7. The number of nitrogens with zero attached hydrogens (tertiary/aromatic N) is 4. The van der Waals surface area contributed by atoms with Crippen LogP contribution in [0, 0.1) is 0 Å². The maximum Gasteiger partial charge on any atom is 0.312 e. The van der Waals surface area contributed by atoms with E-state index in [1.807, 2.05) is 32.2 Å². The zero-order valence-corrected chi connectivity index (χ0v) is 31.9. The molecule has 3 aliphatic rings. The van der Waals surface area contributed by atoms with Crippen LogP contribution in [0.1, 0.15) is 93.1 Å². The molecule has 1 saturated heterocycles. The second kappa shape index (κ2) is 13.9. The molecule has 4 unspecified atom stereocenters. The second-order valence-electron chi connectivity index (χ2n) is 15.3. The molecule has 2 aromatic carbocycles. The molecule has 2 N–H and O–H groups in total. The fraction of sp³-hybridized carbons (Fsp3) is 0.553. The molecule has 0 spiro atoms. The van der Waals surface area contributed by atoms with E-state index in [4.69, 9.17) is 4.74 Å². The molecule has 2 fully saturated rings. The van der Waals surface area contributed by atoms with Crippen molar-refractivity contribution in [3.8, 4) is 17.0 Å². The summed E-state index contributed by atoms with van der Waals surface area (Å²) in [5.41, 5.74) is 4.23. The van der Waals surface area contributed by atoms with Gasteiger partial charge in [-0.3, -0.25) is 19.3 Å². The number of piperazine rings is 1. The Labute approximate surface area is 301 Å². The number of carbonyl (C=O) groups is 3. The zero-order chi connectivity index (χ0) is 37.0. The highest BCUT2D eigenvalue weighted by Gasteiger charge is 2.43. The first-order chi connectivity index (χ1) is 24.1. The molecule has 12 nitrogen and oxygen atoms in total. The van der Waals surface area contributed by atoms with Crippen LogP contribution in [-0.2, 0) is 26.3 Å². The van der Waals surface area contributed by atoms with Crippen LogP contribution in [0.15, 0.2) is 36.4 Å². The highest BCUT2D eigenvalue weighted by atomic mass is 32.2. The number of hydrogen-bond donors (Lipinski definition) is 2. The van der Waals surface area contributed by atoms with Gasteiger partial charge in [0.1, 0.15) is 5.75 Å². The van der Waals surface area contributed by atoms with Gasteiger partial charge < -0.3 is 19.5 Å². The zero-order valence-electron chi connectivity index (χ0n) is 31.1. The van der Waals surface area contributed by atoms with E-state index >= 15 is 0 Å². The average Bonchev–Trinajstić information content (AvgIpc) is 3.37. The number of ether oxygens (including phenoxy) is 1. The Balaban J connectivity index is 1.51. The monoisotopic (exact) mass is 720 g/mol. The molecule has 0 radical (unpaired) electrons. The van der Waals surface area contributed by atoms with E-state index in [-0.39, 0.29) is 29.5 Å². The summed E-state index contributed by atoms with van der Waals surface area (Å²) in [6, 6.07) is 11.6. The lowest BCUT2D eigenvalue weighted by Gasteiger charge is -2.42. The Kier molecular flexibility index (Phi) is 10.0. The number of amides is 3. The molecule has 3 aromatic rings. The van der Waals surface area contributed by atoms with Gasteiger partial charge in [-0.05, 0) is 88.0 Å². The highest BCUT2D eigenvalue weighted by molar-refractivity contribution is 7.87. The minimum absolute atomic E-state index is 0.114. The van der Waals surface area contributed by atoms with Crippen molar-refractivity contribution < 1.29 is 27.5 Å². The van der Waals surface area contributed by atoms with Crippen molar-refractivity contribution in [3.05, 3.63) is 53.1 Å². The number of rotatable bonds is 6. The topological polar surface area (TPSA) is 133 Å². The quantitative estimate of drug-likeness (QED) is 0.360. The van der Waals surface area contributed by atoms with Crippen molar-refractivity contribution in [2.24, 2.45) is 0 Å². The minimum Gasteiger partial charge on any atom is -0.497 e. The third kappa shape index (κ3) is 6.75. The Morgan fingerprint density at radius 1 is 0.961 bits per heavy atom. The second-order valence-corrected chi connectivity index (χ2v) is 17.1. The summed E-state index contributed by atoms with van der Waals surface area (Å²) in [6.45, 7) is 9.39. The molecule has 1 aliphatic carbocycles. The van der Waals surface area contributed by atoms with Crippen LogP contribution in [-0.4, -0.2) is 104 Å². The molecular formula is C38H52N6O6S. The first kappa shape index (κ1) is 36.8. The summed E-state index contributed by atoms with van der Waals surface area (Å²) < 4.78 is 36.2. The van der Waals surface area contributed by atoms with E-state index in [2.05, 4.69) is 46.3 Å². The summed E-state index contributed by atoms with van der Waals surface area (Å²) in [4.78, 5) is 45.0. The van der Waals surface area contributed by atoms with Crippen molar-refractivity contribution >= 4 is 38.8 Å². The number of benzene rings is 2. The first-order valence-electron chi connectivity index (χ1n) is 18.0. The van der Waals surface area contributed by atoms with Gasteiger partial charge in [0.25, 0.3) is 5.91 Å². The summed E-state index contributed by atoms with van der Waals surface area (Å²) in [6.07, 6.45) is 5.47. The largest absolute Gasteiger partial charge is 0.497 e. The number of aromatic nitrogens is 1. The number of carbonyl (C=O) groups excluding carboxylic acids is 3. The van der Waals surface area contributed by atoms with E-state index < -0.39 is 33.5 Å². The highest BCUT2D eigenvalue weighted by Crippen LogP contribution is 2.50. The van der Waals surface area contributed by atoms with Crippen molar-refractivity contribution in [1.82, 2.24) is 28.7 Å². The maximum atomic E-state index is 14.0. The summed E-state index contributed by atoms with van der Waals surface area (Å²) in [5, 5.41) is 4.20. The smallest absolute Gasteiger partial charge is 0.312 e. The van der Waals surface area contributed by atoms with Crippen LogP contribution in [0.25, 0.3) is 22.2 Å². The molecule has 2 aliphatic heterocycles. The summed E-state index contributed by atoms with van der Waals surface area (Å²) in [7, 11) is 2.37. The van der Waals surface area contributed by atoms with Crippen LogP contribution in [0.5, 0.6) is 5.75 Å². The van der Waals surface area contributed by atoms with Crippen LogP contribution >= 0.6 is 0 Å². The van der Waals surface area contributed by atoms with Crippen molar-refractivity contribution in [2.45, 2.75) is 95.8 Å². The van der Waals surface area contributed by atoms with Gasteiger partial charge >= 0.3 is 22.0 Å². The van der Waals surface area contributed by atoms with Gasteiger partial charge in [-0.25, -0.2) is 4.72 Å². The third-order valence-corrected chi connectivity index (χ3v) is 13.1. The van der Waals surface area contributed by atoms with Crippen molar-refractivity contribution in [1.29, 1.82) is 0 Å². The Morgan fingerprint density at radius 3 is 2.25 bits per heavy atom. The van der Waals surface area contributed by atoms with Gasteiger partial charge in [0, 0.05) is 73.8 Å². The molecule has 4 atom stereocenters. The standard InChI is InChI=1S/C38H52N6O6S/c1-23-20-43(21-24(2)42(23)7)37(47)36(46)39-38(4)22-44-32-18-27(35(45)40-51(48,49)41(5)6)14-16-30(32)33(26-12-10-9-11-13-26)34(44)29-17-15-28(50-8)19-31(29)25(38)3/h14-19,23-26H,9-13,20-22H2,1-8H3,(H,39,46)(H,40,45). The molecule has 1 saturated carbocycles. The normalized spacial score (nSPS) is 24.5. The van der Waals surface area contributed by atoms with E-state index in [1.165, 1.54) is 26.1 Å². The Morgan fingerprint density at radius 2 is 1.63 bits per heavy atom. The number of nitrogens with one attached hydrogen (secondary N) is 2. The summed E-state index contributed by atoms with van der Waals surface area (Å²) >= 11 is 0. The van der Waals surface area contributed by atoms with Gasteiger partial charge in [0.05, 0.1) is 18.3 Å². The molecule has 3 heterocycles. The predicted octanol–water partition coefficient (Wildman–Crippen LogP) is 4.44. The average molecular weight is 721 g/mol. The lowest BCUT2D eigenvalue weighted by atomic mass is 9.78. The van der Waals surface area contributed by atoms with Crippen LogP contribution in [0.4, 0.5) is 0 Å². The van der Waals surface area contributed by atoms with Gasteiger partial charge in [-0.1, -0.05) is 32.3 Å². The van der Waals surface area contributed by atoms with E-state index in [0.29, 0.717) is 25.4 Å². The predicted molar refractivity (Wildman–Crippen MR) is 198 cm³/mol. The van der Waals surface area contributed by atoms with Gasteiger partial charge in [-0.15, -0.1) is 0 Å². The molecule has 6 rings (SSSR count). The number of likely N-dealkylation sites (N-methyl/N-ethyl adjacent to an activating group) is 1. The molecule has 0 bridgehead atoms. The molecule has 1 aromatic heterocycles. The fourth-order valence-corrected chi connectivity index (χ4v) is 8.80. The van der Waals surface area contributed by atoms with E-state index in [9.17, 15) is 22.8 Å². The van der Waals surface area contributed by atoms with E-state index in [1.54, 1.807) is 24.1 Å². The molecule has 3 amide bonds. The number of fused-ring (bicyclic) bond motifs is 5.